The third kappa shape index (κ3) is 3.31. The van der Waals surface area contributed by atoms with E-state index in [1.165, 1.54) is 12.1 Å². The monoisotopic (exact) mass is 423 g/mol. The van der Waals surface area contributed by atoms with Gasteiger partial charge in [0.2, 0.25) is 0 Å². The molecule has 2 aromatic heterocycles. The first-order valence-electron chi connectivity index (χ1n) is 8.94. The molecule has 2 aromatic carbocycles. The molecule has 0 spiro atoms. The number of hydrogen-bond donors (Lipinski definition) is 2. The van der Waals surface area contributed by atoms with Gasteiger partial charge in [0.1, 0.15) is 15.5 Å². The molecule has 4 rings (SSSR count). The minimum Gasteiger partial charge on any atom is -0.493 e. The number of hydrogen-bond acceptors (Lipinski definition) is 6. The van der Waals surface area contributed by atoms with Crippen molar-refractivity contribution in [3.63, 3.8) is 0 Å². The number of benzene rings is 2. The van der Waals surface area contributed by atoms with E-state index in [1.807, 2.05) is 18.2 Å². The maximum atomic E-state index is 13.4. The summed E-state index contributed by atoms with van der Waals surface area (Å²) in [4.78, 5) is 17.3. The average molecular weight is 423 g/mol. The molecule has 0 saturated heterocycles. The summed E-state index contributed by atoms with van der Waals surface area (Å²) >= 11 is 1.13. The van der Waals surface area contributed by atoms with Gasteiger partial charge in [-0.05, 0) is 53.6 Å². The first-order chi connectivity index (χ1) is 14.4. The molecular weight excluding hydrogens is 405 g/mol. The third-order valence-corrected chi connectivity index (χ3v) is 5.87. The Hall–Kier alpha value is -3.65. The van der Waals surface area contributed by atoms with Gasteiger partial charge in [0.15, 0.2) is 11.5 Å². The van der Waals surface area contributed by atoms with Crippen molar-refractivity contribution in [1.82, 2.24) is 4.98 Å². The number of rotatable bonds is 5. The summed E-state index contributed by atoms with van der Waals surface area (Å²) < 4.78 is 24.1. The van der Waals surface area contributed by atoms with Crippen molar-refractivity contribution in [3.8, 4) is 33.9 Å². The second kappa shape index (κ2) is 7.64. The average Bonchev–Trinajstić information content (AvgIpc) is 3.10. The SMILES string of the molecule is COc1ccc(-c2cc(-c3ccc(F)cc3)nc3sc(C(N)=O)c(N)c23)cc1OC. The number of primary amides is 1. The van der Waals surface area contributed by atoms with E-state index in [4.69, 9.17) is 20.9 Å². The van der Waals surface area contributed by atoms with Crippen LogP contribution in [0.2, 0.25) is 0 Å². The van der Waals surface area contributed by atoms with E-state index in [-0.39, 0.29) is 16.4 Å². The van der Waals surface area contributed by atoms with Gasteiger partial charge >= 0.3 is 0 Å². The maximum Gasteiger partial charge on any atom is 0.260 e. The number of methoxy groups -OCH3 is 2. The Kier molecular flexibility index (Phi) is 5.01. The molecule has 0 saturated carbocycles. The molecule has 152 valence electrons. The predicted octanol–water partition coefficient (Wildman–Crippen LogP) is 4.47. The van der Waals surface area contributed by atoms with Crippen molar-refractivity contribution in [2.45, 2.75) is 0 Å². The van der Waals surface area contributed by atoms with Crippen molar-refractivity contribution >= 4 is 33.1 Å². The van der Waals surface area contributed by atoms with E-state index < -0.39 is 5.91 Å². The Morgan fingerprint density at radius 1 is 1.00 bits per heavy atom. The smallest absolute Gasteiger partial charge is 0.260 e. The zero-order valence-electron chi connectivity index (χ0n) is 16.2. The lowest BCUT2D eigenvalue weighted by Crippen LogP contribution is -2.10. The van der Waals surface area contributed by atoms with Crippen LogP contribution in [-0.2, 0) is 0 Å². The fourth-order valence-corrected chi connectivity index (χ4v) is 4.28. The molecule has 8 heteroatoms. The zero-order valence-corrected chi connectivity index (χ0v) is 17.0. The fourth-order valence-electron chi connectivity index (χ4n) is 3.30. The summed E-state index contributed by atoms with van der Waals surface area (Å²) in [7, 11) is 3.11. The van der Waals surface area contributed by atoms with Gasteiger partial charge in [0.25, 0.3) is 5.91 Å². The molecule has 0 radical (unpaired) electrons. The van der Waals surface area contributed by atoms with Crippen molar-refractivity contribution in [2.75, 3.05) is 20.0 Å². The number of anilines is 1. The Bertz CT molecular complexity index is 1270. The zero-order chi connectivity index (χ0) is 21.4. The first-order valence-corrected chi connectivity index (χ1v) is 9.75. The molecule has 4 aromatic rings. The normalized spacial score (nSPS) is 10.9. The van der Waals surface area contributed by atoms with Crippen molar-refractivity contribution in [2.24, 2.45) is 5.73 Å². The molecule has 30 heavy (non-hydrogen) atoms. The van der Waals surface area contributed by atoms with Gasteiger partial charge < -0.3 is 20.9 Å². The number of nitrogen functional groups attached to an aromatic ring is 1. The van der Waals surface area contributed by atoms with Crippen LogP contribution in [0.25, 0.3) is 32.6 Å². The van der Waals surface area contributed by atoms with Gasteiger partial charge in [-0.15, -0.1) is 11.3 Å². The second-order valence-corrected chi connectivity index (χ2v) is 7.52. The molecule has 1 amide bonds. The van der Waals surface area contributed by atoms with Crippen LogP contribution in [-0.4, -0.2) is 25.1 Å². The molecular formula is C22H18FN3O3S. The van der Waals surface area contributed by atoms with Crippen molar-refractivity contribution < 1.29 is 18.7 Å². The van der Waals surface area contributed by atoms with E-state index >= 15 is 0 Å². The van der Waals surface area contributed by atoms with E-state index in [9.17, 15) is 9.18 Å². The highest BCUT2D eigenvalue weighted by Gasteiger charge is 2.21. The number of ether oxygens (including phenoxy) is 2. The standard InChI is InChI=1S/C22H18FN3O3S/c1-28-16-8-5-12(9-17(16)29-2)14-10-15(11-3-6-13(23)7-4-11)26-22-18(14)19(24)20(30-22)21(25)27/h3-10H,24H2,1-2H3,(H2,25,27). The summed E-state index contributed by atoms with van der Waals surface area (Å²) in [6.45, 7) is 0. The summed E-state index contributed by atoms with van der Waals surface area (Å²) in [5.74, 6) is 0.182. The third-order valence-electron chi connectivity index (χ3n) is 4.76. The largest absolute Gasteiger partial charge is 0.493 e. The highest BCUT2D eigenvalue weighted by atomic mass is 32.1. The molecule has 6 nitrogen and oxygen atoms in total. The number of pyridine rings is 1. The number of aromatic nitrogens is 1. The van der Waals surface area contributed by atoms with Gasteiger partial charge in [-0.2, -0.15) is 0 Å². The van der Waals surface area contributed by atoms with Crippen LogP contribution in [0.5, 0.6) is 11.5 Å². The number of thiophene rings is 1. The molecule has 0 atom stereocenters. The van der Waals surface area contributed by atoms with Crippen LogP contribution in [0.4, 0.5) is 10.1 Å². The Labute approximate surface area is 175 Å². The maximum absolute atomic E-state index is 13.4. The van der Waals surface area contributed by atoms with Crippen LogP contribution < -0.4 is 20.9 Å². The second-order valence-electron chi connectivity index (χ2n) is 6.52. The molecule has 0 aliphatic rings. The first kappa shape index (κ1) is 19.7. The van der Waals surface area contributed by atoms with Gasteiger partial charge in [-0.3, -0.25) is 4.79 Å². The topological polar surface area (TPSA) is 100 Å². The number of carbonyl (C=O) groups is 1. The summed E-state index contributed by atoms with van der Waals surface area (Å²) in [5, 5.41) is 0.631. The van der Waals surface area contributed by atoms with Crippen molar-refractivity contribution in [3.05, 3.63) is 59.2 Å². The molecule has 0 bridgehead atoms. The molecule has 0 aliphatic heterocycles. The fraction of sp³-hybridized carbons (Fsp3) is 0.0909. The van der Waals surface area contributed by atoms with Crippen LogP contribution in [0.15, 0.2) is 48.5 Å². The number of nitrogens with two attached hydrogens (primary N) is 2. The highest BCUT2D eigenvalue weighted by Crippen LogP contribution is 2.43. The van der Waals surface area contributed by atoms with E-state index in [0.717, 1.165) is 28.0 Å². The Morgan fingerprint density at radius 2 is 1.67 bits per heavy atom. The van der Waals surface area contributed by atoms with Gasteiger partial charge in [-0.25, -0.2) is 9.37 Å². The van der Waals surface area contributed by atoms with E-state index in [1.54, 1.807) is 32.4 Å². The molecule has 4 N–H and O–H groups in total. The van der Waals surface area contributed by atoms with Gasteiger partial charge in [-0.1, -0.05) is 6.07 Å². The van der Waals surface area contributed by atoms with Crippen molar-refractivity contribution in [1.29, 1.82) is 0 Å². The highest BCUT2D eigenvalue weighted by molar-refractivity contribution is 7.21. The number of amides is 1. The predicted molar refractivity (Wildman–Crippen MR) is 116 cm³/mol. The number of nitrogens with zero attached hydrogens (tertiary/aromatic N) is 1. The van der Waals surface area contributed by atoms with Gasteiger partial charge in [0.05, 0.1) is 25.6 Å². The molecule has 0 fully saturated rings. The number of carbonyl (C=O) groups excluding carboxylic acids is 1. The van der Waals surface area contributed by atoms with Crippen LogP contribution >= 0.6 is 11.3 Å². The summed E-state index contributed by atoms with van der Waals surface area (Å²) in [6, 6.07) is 13.4. The Balaban J connectivity index is 2.03. The van der Waals surface area contributed by atoms with Gasteiger partial charge in [0, 0.05) is 10.9 Å². The Morgan fingerprint density at radius 3 is 2.30 bits per heavy atom. The van der Waals surface area contributed by atoms with Crippen LogP contribution in [0.3, 0.4) is 0 Å². The van der Waals surface area contributed by atoms with E-state index in [0.29, 0.717) is 27.4 Å². The lowest BCUT2D eigenvalue weighted by atomic mass is 9.99. The lowest BCUT2D eigenvalue weighted by Gasteiger charge is -2.12. The lowest BCUT2D eigenvalue weighted by molar-refractivity contribution is 0.100. The minimum absolute atomic E-state index is 0.246. The van der Waals surface area contributed by atoms with E-state index in [2.05, 4.69) is 4.98 Å². The molecule has 0 unspecified atom stereocenters. The number of fused-ring (bicyclic) bond motifs is 1. The molecule has 2 heterocycles. The van der Waals surface area contributed by atoms with Crippen LogP contribution in [0.1, 0.15) is 9.67 Å². The summed E-state index contributed by atoms with van der Waals surface area (Å²) in [6.07, 6.45) is 0. The molecule has 0 aliphatic carbocycles. The minimum atomic E-state index is -0.614. The summed E-state index contributed by atoms with van der Waals surface area (Å²) in [5.41, 5.74) is 15.0. The number of halogens is 1. The van der Waals surface area contributed by atoms with Crippen LogP contribution in [0, 0.1) is 5.82 Å². The quantitative estimate of drug-likeness (QED) is 0.493.